The second kappa shape index (κ2) is 8.46. The Kier molecular flexibility index (Phi) is 5.43. The molecular formula is C25H17F4N5O. The van der Waals surface area contributed by atoms with E-state index in [2.05, 4.69) is 20.3 Å². The fourth-order valence-electron chi connectivity index (χ4n) is 4.10. The van der Waals surface area contributed by atoms with Gasteiger partial charge in [-0.1, -0.05) is 18.2 Å². The summed E-state index contributed by atoms with van der Waals surface area (Å²) in [6, 6.07) is 13.0. The molecule has 0 saturated carbocycles. The van der Waals surface area contributed by atoms with Crippen molar-refractivity contribution >= 4 is 27.6 Å². The zero-order valence-corrected chi connectivity index (χ0v) is 18.2. The molecule has 0 aliphatic rings. The third-order valence-corrected chi connectivity index (χ3v) is 5.64. The second-order valence-electron chi connectivity index (χ2n) is 7.92. The molecule has 3 aromatic heterocycles. The van der Waals surface area contributed by atoms with Crippen LogP contribution < -0.4 is 10.9 Å². The van der Waals surface area contributed by atoms with Gasteiger partial charge in [-0.15, -0.1) is 0 Å². The smallest absolute Gasteiger partial charge is 0.360 e. The summed E-state index contributed by atoms with van der Waals surface area (Å²) in [5, 5.41) is 2.80. The van der Waals surface area contributed by atoms with E-state index in [0.29, 0.717) is 22.5 Å². The van der Waals surface area contributed by atoms with Gasteiger partial charge in [0, 0.05) is 11.9 Å². The monoisotopic (exact) mass is 479 g/mol. The van der Waals surface area contributed by atoms with Crippen LogP contribution in [0.1, 0.15) is 24.2 Å². The minimum absolute atomic E-state index is 0.100. The van der Waals surface area contributed by atoms with Gasteiger partial charge in [0.25, 0.3) is 5.56 Å². The molecule has 1 atom stereocenters. The highest BCUT2D eigenvalue weighted by atomic mass is 19.4. The highest BCUT2D eigenvalue weighted by Gasteiger charge is 2.34. The molecule has 0 fully saturated rings. The molecule has 10 heteroatoms. The minimum Gasteiger partial charge on any atom is -0.360 e. The van der Waals surface area contributed by atoms with E-state index >= 15 is 0 Å². The van der Waals surface area contributed by atoms with Crippen molar-refractivity contribution in [1.82, 2.24) is 19.5 Å². The lowest BCUT2D eigenvalue weighted by molar-refractivity contribution is -0.136. The van der Waals surface area contributed by atoms with Crippen LogP contribution in [0.2, 0.25) is 0 Å². The lowest BCUT2D eigenvalue weighted by atomic mass is 10.0. The van der Waals surface area contributed by atoms with Gasteiger partial charge in [0.1, 0.15) is 17.7 Å². The molecule has 5 rings (SSSR count). The normalized spacial score (nSPS) is 12.7. The molecule has 176 valence electrons. The molecule has 5 aromatic rings. The van der Waals surface area contributed by atoms with Crippen molar-refractivity contribution in [3.8, 4) is 5.69 Å². The van der Waals surface area contributed by atoms with E-state index in [1.54, 1.807) is 25.3 Å². The molecule has 6 nitrogen and oxygen atoms in total. The van der Waals surface area contributed by atoms with Crippen LogP contribution in [0.5, 0.6) is 0 Å². The number of pyridine rings is 2. The number of benzene rings is 2. The fraction of sp³-hybridized carbons (Fsp3) is 0.120. The number of anilines is 1. The largest absolute Gasteiger partial charge is 0.417 e. The number of hydrogen-bond acceptors (Lipinski definition) is 5. The first-order chi connectivity index (χ1) is 16.7. The van der Waals surface area contributed by atoms with Gasteiger partial charge in [-0.25, -0.2) is 14.4 Å². The Morgan fingerprint density at radius 2 is 1.77 bits per heavy atom. The number of nitrogens with zero attached hydrogens (tertiary/aromatic N) is 4. The van der Waals surface area contributed by atoms with Crippen LogP contribution in [-0.4, -0.2) is 19.5 Å². The summed E-state index contributed by atoms with van der Waals surface area (Å²) < 4.78 is 56.4. The molecule has 0 amide bonds. The van der Waals surface area contributed by atoms with Gasteiger partial charge >= 0.3 is 6.18 Å². The van der Waals surface area contributed by atoms with E-state index in [-0.39, 0.29) is 11.1 Å². The van der Waals surface area contributed by atoms with Crippen LogP contribution in [0, 0.1) is 5.82 Å². The highest BCUT2D eigenvalue weighted by molar-refractivity contribution is 5.87. The number of hydrogen-bond donors (Lipinski definition) is 1. The van der Waals surface area contributed by atoms with E-state index in [4.69, 9.17) is 0 Å². The zero-order chi connectivity index (χ0) is 24.7. The van der Waals surface area contributed by atoms with Crippen LogP contribution in [0.25, 0.3) is 27.5 Å². The molecule has 0 aliphatic carbocycles. The van der Waals surface area contributed by atoms with Crippen molar-refractivity contribution in [2.24, 2.45) is 0 Å². The van der Waals surface area contributed by atoms with Gasteiger partial charge in [0.15, 0.2) is 5.82 Å². The first-order valence-corrected chi connectivity index (χ1v) is 10.6. The van der Waals surface area contributed by atoms with Crippen molar-refractivity contribution in [3.63, 3.8) is 0 Å². The Bertz CT molecular complexity index is 1630. The Morgan fingerprint density at radius 1 is 0.971 bits per heavy atom. The maximum absolute atomic E-state index is 14.1. The predicted octanol–water partition coefficient (Wildman–Crippen LogP) is 5.66. The summed E-state index contributed by atoms with van der Waals surface area (Å²) in [5.74, 6) is -0.248. The average Bonchev–Trinajstić information content (AvgIpc) is 2.83. The lowest BCUT2D eigenvalue weighted by Crippen LogP contribution is -2.27. The van der Waals surface area contributed by atoms with Crippen molar-refractivity contribution < 1.29 is 17.6 Å². The maximum atomic E-state index is 14.1. The van der Waals surface area contributed by atoms with E-state index in [9.17, 15) is 22.4 Å². The SMILES string of the molecule is C[C@H](Nc1ncnc2cccnc12)c1cc2cccc(C(F)(F)F)c2c(=O)n1-c1cccc(F)c1. The molecular weight excluding hydrogens is 462 g/mol. The summed E-state index contributed by atoms with van der Waals surface area (Å²) in [6.45, 7) is 1.72. The van der Waals surface area contributed by atoms with Gasteiger partial charge < -0.3 is 5.32 Å². The Hall–Kier alpha value is -4.34. The van der Waals surface area contributed by atoms with Gasteiger partial charge in [0.05, 0.1) is 28.2 Å². The third kappa shape index (κ3) is 4.07. The molecule has 2 aromatic carbocycles. The van der Waals surface area contributed by atoms with Gasteiger partial charge in [-0.3, -0.25) is 14.3 Å². The maximum Gasteiger partial charge on any atom is 0.417 e. The summed E-state index contributed by atoms with van der Waals surface area (Å²) in [5.41, 5.74) is -0.466. The fourth-order valence-corrected chi connectivity index (χ4v) is 4.10. The topological polar surface area (TPSA) is 72.7 Å². The molecule has 0 spiro atoms. The molecule has 1 N–H and O–H groups in total. The Balaban J connectivity index is 1.75. The Morgan fingerprint density at radius 3 is 2.54 bits per heavy atom. The number of halogens is 4. The molecule has 0 radical (unpaired) electrons. The molecule has 35 heavy (non-hydrogen) atoms. The van der Waals surface area contributed by atoms with Crippen LogP contribution >= 0.6 is 0 Å². The van der Waals surface area contributed by atoms with Crippen LogP contribution in [0.15, 0.2) is 78.0 Å². The van der Waals surface area contributed by atoms with E-state index in [0.717, 1.165) is 16.7 Å². The summed E-state index contributed by atoms with van der Waals surface area (Å²) in [4.78, 5) is 26.3. The van der Waals surface area contributed by atoms with Crippen molar-refractivity contribution in [2.75, 3.05) is 5.32 Å². The molecule has 0 saturated heterocycles. The average molecular weight is 479 g/mol. The van der Waals surface area contributed by atoms with Gasteiger partial charge in [-0.05, 0) is 54.8 Å². The first kappa shape index (κ1) is 22.5. The summed E-state index contributed by atoms with van der Waals surface area (Å²) in [7, 11) is 0. The molecule has 3 heterocycles. The van der Waals surface area contributed by atoms with Crippen LogP contribution in [0.3, 0.4) is 0 Å². The molecule has 0 unspecified atom stereocenters. The summed E-state index contributed by atoms with van der Waals surface area (Å²) in [6.07, 6.45) is -1.80. The molecule has 0 aliphatic heterocycles. The number of fused-ring (bicyclic) bond motifs is 2. The number of rotatable bonds is 4. The third-order valence-electron chi connectivity index (χ3n) is 5.64. The highest BCUT2D eigenvalue weighted by Crippen LogP contribution is 2.35. The van der Waals surface area contributed by atoms with Gasteiger partial charge in [0.2, 0.25) is 0 Å². The number of nitrogens with one attached hydrogen (secondary N) is 1. The first-order valence-electron chi connectivity index (χ1n) is 10.6. The predicted molar refractivity (Wildman–Crippen MR) is 124 cm³/mol. The van der Waals surface area contributed by atoms with E-state index in [1.165, 1.54) is 42.7 Å². The quantitative estimate of drug-likeness (QED) is 0.337. The van der Waals surface area contributed by atoms with Crippen molar-refractivity contribution in [2.45, 2.75) is 19.1 Å². The van der Waals surface area contributed by atoms with Crippen molar-refractivity contribution in [3.05, 3.63) is 101 Å². The van der Waals surface area contributed by atoms with Gasteiger partial charge in [-0.2, -0.15) is 13.2 Å². The van der Waals surface area contributed by atoms with Crippen LogP contribution in [-0.2, 0) is 6.18 Å². The number of aromatic nitrogens is 4. The van der Waals surface area contributed by atoms with E-state index in [1.807, 2.05) is 0 Å². The lowest BCUT2D eigenvalue weighted by Gasteiger charge is -2.22. The van der Waals surface area contributed by atoms with Crippen molar-refractivity contribution in [1.29, 1.82) is 0 Å². The molecule has 0 bridgehead atoms. The number of alkyl halides is 3. The Labute approximate surface area is 195 Å². The zero-order valence-electron chi connectivity index (χ0n) is 18.2. The minimum atomic E-state index is -4.74. The van der Waals surface area contributed by atoms with Crippen LogP contribution in [0.4, 0.5) is 23.4 Å². The second-order valence-corrected chi connectivity index (χ2v) is 7.92. The van der Waals surface area contributed by atoms with E-state index < -0.39 is 34.5 Å². The summed E-state index contributed by atoms with van der Waals surface area (Å²) >= 11 is 0. The standard InChI is InChI=1S/C25H17F4N5O/c1-14(33-23-22-19(31-13-32-23)9-4-10-30-22)20-11-15-5-2-8-18(25(27,28)29)21(15)24(35)34(20)17-7-3-6-16(26)12-17/h2-14H,1H3,(H,31,32,33)/t14-/m0/s1.